The van der Waals surface area contributed by atoms with Crippen molar-refractivity contribution in [2.75, 3.05) is 6.54 Å². The van der Waals surface area contributed by atoms with E-state index in [2.05, 4.69) is 29.3 Å². The molecule has 2 nitrogen and oxygen atoms in total. The van der Waals surface area contributed by atoms with Gasteiger partial charge >= 0.3 is 0 Å². The second kappa shape index (κ2) is 6.80. The highest BCUT2D eigenvalue weighted by Gasteiger charge is 2.45. The number of rotatable bonds is 7. The first-order chi connectivity index (χ1) is 10.3. The summed E-state index contributed by atoms with van der Waals surface area (Å²) in [6.45, 7) is 4.28. The van der Waals surface area contributed by atoms with Gasteiger partial charge in [-0.1, -0.05) is 25.8 Å². The highest BCUT2D eigenvalue weighted by Crippen LogP contribution is 2.43. The van der Waals surface area contributed by atoms with Gasteiger partial charge in [0.1, 0.15) is 0 Å². The van der Waals surface area contributed by atoms with Crippen LogP contribution < -0.4 is 5.73 Å². The molecule has 2 fully saturated rings. The highest BCUT2D eigenvalue weighted by molar-refractivity contribution is 7.09. The molecule has 3 heteroatoms. The number of thiophene rings is 1. The summed E-state index contributed by atoms with van der Waals surface area (Å²) in [4.78, 5) is 4.30. The van der Waals surface area contributed by atoms with Crippen molar-refractivity contribution < 1.29 is 0 Å². The van der Waals surface area contributed by atoms with Crippen LogP contribution in [0.3, 0.4) is 0 Å². The summed E-state index contributed by atoms with van der Waals surface area (Å²) in [5.74, 6) is 0.956. The minimum Gasteiger partial charge on any atom is -0.329 e. The molecule has 0 aliphatic heterocycles. The van der Waals surface area contributed by atoms with Gasteiger partial charge in [0.25, 0.3) is 0 Å². The van der Waals surface area contributed by atoms with Gasteiger partial charge in [-0.3, -0.25) is 4.90 Å². The Balaban J connectivity index is 1.70. The quantitative estimate of drug-likeness (QED) is 0.809. The lowest BCUT2D eigenvalue weighted by Crippen LogP contribution is -2.56. The van der Waals surface area contributed by atoms with Crippen molar-refractivity contribution in [3.63, 3.8) is 0 Å². The van der Waals surface area contributed by atoms with Crippen molar-refractivity contribution in [2.45, 2.75) is 76.4 Å². The minimum absolute atomic E-state index is 0.287. The molecule has 0 radical (unpaired) electrons. The maximum absolute atomic E-state index is 6.31. The third kappa shape index (κ3) is 3.52. The lowest BCUT2D eigenvalue weighted by molar-refractivity contribution is 0.0276. The van der Waals surface area contributed by atoms with Crippen LogP contribution in [0.4, 0.5) is 0 Å². The monoisotopic (exact) mass is 306 g/mol. The van der Waals surface area contributed by atoms with E-state index in [1.54, 1.807) is 0 Å². The molecule has 2 aliphatic carbocycles. The summed E-state index contributed by atoms with van der Waals surface area (Å²) in [6.07, 6.45) is 10.9. The van der Waals surface area contributed by atoms with E-state index in [-0.39, 0.29) is 5.54 Å². The van der Waals surface area contributed by atoms with Gasteiger partial charge in [0.2, 0.25) is 0 Å². The Kier molecular flexibility index (Phi) is 5.03. The fourth-order valence-corrected chi connectivity index (χ4v) is 4.86. The third-order valence-corrected chi connectivity index (χ3v) is 6.48. The molecule has 118 valence electrons. The summed E-state index contributed by atoms with van der Waals surface area (Å²) in [6, 6.07) is 5.27. The van der Waals surface area contributed by atoms with Crippen molar-refractivity contribution >= 4 is 11.3 Å². The average Bonchev–Trinajstić information content (AvgIpc) is 3.23. The molecule has 0 bridgehead atoms. The van der Waals surface area contributed by atoms with Gasteiger partial charge in [-0.25, -0.2) is 0 Å². The number of hydrogen-bond acceptors (Lipinski definition) is 3. The molecular formula is C18H30N2S. The van der Waals surface area contributed by atoms with Crippen LogP contribution in [-0.4, -0.2) is 23.0 Å². The van der Waals surface area contributed by atoms with Crippen LogP contribution in [0.15, 0.2) is 17.5 Å². The molecule has 3 rings (SSSR count). The molecule has 1 aromatic heterocycles. The van der Waals surface area contributed by atoms with Gasteiger partial charge < -0.3 is 5.73 Å². The summed E-state index contributed by atoms with van der Waals surface area (Å²) < 4.78 is 0. The number of nitrogens with zero attached hydrogens (tertiary/aromatic N) is 1. The first-order valence-electron chi connectivity index (χ1n) is 8.76. The van der Waals surface area contributed by atoms with Crippen molar-refractivity contribution in [1.82, 2.24) is 4.90 Å². The maximum Gasteiger partial charge on any atom is 0.0338 e. The Morgan fingerprint density at radius 2 is 2.05 bits per heavy atom. The van der Waals surface area contributed by atoms with Crippen LogP contribution in [0.5, 0.6) is 0 Å². The summed E-state index contributed by atoms with van der Waals surface area (Å²) in [5.41, 5.74) is 6.60. The normalized spacial score (nSPS) is 30.0. The van der Waals surface area contributed by atoms with Crippen LogP contribution in [0, 0.1) is 5.92 Å². The van der Waals surface area contributed by atoms with E-state index >= 15 is 0 Å². The molecule has 1 aromatic rings. The standard InChI is InChI=1S/C18H30N2S/c1-2-4-15-8-10-18(14-19,11-9-15)20(16-6-7-16)13-17-5-3-12-21-17/h3,5,12,15-16H,2,4,6-11,13-14,19H2,1H3. The Labute approximate surface area is 133 Å². The van der Waals surface area contributed by atoms with Gasteiger partial charge in [-0.05, 0) is 55.9 Å². The van der Waals surface area contributed by atoms with Crippen molar-refractivity contribution in [2.24, 2.45) is 11.7 Å². The lowest BCUT2D eigenvalue weighted by atomic mass is 9.74. The average molecular weight is 307 g/mol. The van der Waals surface area contributed by atoms with Crippen molar-refractivity contribution in [3.8, 4) is 0 Å². The second-order valence-corrected chi connectivity index (χ2v) is 8.13. The first kappa shape index (κ1) is 15.5. The van der Waals surface area contributed by atoms with E-state index in [4.69, 9.17) is 5.73 Å². The number of hydrogen-bond donors (Lipinski definition) is 1. The maximum atomic E-state index is 6.31. The Morgan fingerprint density at radius 1 is 1.29 bits per heavy atom. The molecule has 21 heavy (non-hydrogen) atoms. The molecule has 0 atom stereocenters. The molecule has 2 aliphatic rings. The van der Waals surface area contributed by atoms with Crippen molar-refractivity contribution in [3.05, 3.63) is 22.4 Å². The smallest absolute Gasteiger partial charge is 0.0338 e. The molecule has 0 aromatic carbocycles. The zero-order chi connectivity index (χ0) is 14.7. The predicted octanol–water partition coefficient (Wildman–Crippen LogP) is 4.40. The molecule has 2 N–H and O–H groups in total. The van der Waals surface area contributed by atoms with Gasteiger partial charge in [0, 0.05) is 29.5 Å². The van der Waals surface area contributed by atoms with Gasteiger partial charge in [-0.15, -0.1) is 11.3 Å². The zero-order valence-corrected chi connectivity index (χ0v) is 14.2. The van der Waals surface area contributed by atoms with E-state index in [0.717, 1.165) is 25.0 Å². The molecule has 0 unspecified atom stereocenters. The zero-order valence-electron chi connectivity index (χ0n) is 13.4. The Morgan fingerprint density at radius 3 is 2.57 bits per heavy atom. The minimum atomic E-state index is 0.287. The topological polar surface area (TPSA) is 29.3 Å². The molecule has 0 spiro atoms. The predicted molar refractivity (Wildman–Crippen MR) is 91.5 cm³/mol. The van der Waals surface area contributed by atoms with Crippen LogP contribution in [0.2, 0.25) is 0 Å². The molecular weight excluding hydrogens is 276 g/mol. The summed E-state index contributed by atoms with van der Waals surface area (Å²) >= 11 is 1.90. The van der Waals surface area contributed by atoms with Gasteiger partial charge in [0.15, 0.2) is 0 Å². The Bertz CT molecular complexity index is 416. The molecule has 0 amide bonds. The van der Waals surface area contributed by atoms with E-state index < -0.39 is 0 Å². The second-order valence-electron chi connectivity index (χ2n) is 7.10. The highest BCUT2D eigenvalue weighted by atomic mass is 32.1. The SMILES string of the molecule is CCCC1CCC(CN)(N(Cc2cccs2)C2CC2)CC1. The fourth-order valence-electron chi connectivity index (χ4n) is 4.16. The van der Waals surface area contributed by atoms with E-state index in [9.17, 15) is 0 Å². The number of nitrogens with two attached hydrogens (primary N) is 1. The first-order valence-corrected chi connectivity index (χ1v) is 9.64. The lowest BCUT2D eigenvalue weighted by Gasteiger charge is -2.48. The summed E-state index contributed by atoms with van der Waals surface area (Å²) in [5, 5.41) is 2.20. The Hall–Kier alpha value is -0.380. The fraction of sp³-hybridized carbons (Fsp3) is 0.778. The van der Waals surface area contributed by atoms with Crippen LogP contribution in [0.1, 0.15) is 63.2 Å². The van der Waals surface area contributed by atoms with E-state index in [0.29, 0.717) is 0 Å². The molecule has 0 saturated heterocycles. The van der Waals surface area contributed by atoms with Crippen LogP contribution in [-0.2, 0) is 6.54 Å². The molecule has 1 heterocycles. The third-order valence-electron chi connectivity index (χ3n) is 5.62. The van der Waals surface area contributed by atoms with Crippen LogP contribution >= 0.6 is 11.3 Å². The molecule has 2 saturated carbocycles. The van der Waals surface area contributed by atoms with Crippen LogP contribution in [0.25, 0.3) is 0 Å². The van der Waals surface area contributed by atoms with Crippen molar-refractivity contribution in [1.29, 1.82) is 0 Å². The summed E-state index contributed by atoms with van der Waals surface area (Å²) in [7, 11) is 0. The van der Waals surface area contributed by atoms with E-state index in [1.165, 1.54) is 56.2 Å². The van der Waals surface area contributed by atoms with E-state index in [1.807, 2.05) is 11.3 Å². The van der Waals surface area contributed by atoms with Gasteiger partial charge in [-0.2, -0.15) is 0 Å². The largest absolute Gasteiger partial charge is 0.329 e. The van der Waals surface area contributed by atoms with Gasteiger partial charge in [0.05, 0.1) is 0 Å².